The number of hydrogen-bond acceptors (Lipinski definition) is 6. The van der Waals surface area contributed by atoms with Gasteiger partial charge in [-0.15, -0.1) is 0 Å². The Balaban J connectivity index is 1.76. The summed E-state index contributed by atoms with van der Waals surface area (Å²) in [6.45, 7) is 9.87. The second-order valence-corrected chi connectivity index (χ2v) is 10.8. The number of esters is 1. The van der Waals surface area contributed by atoms with Gasteiger partial charge in [0, 0.05) is 24.2 Å². The topological polar surface area (TPSA) is 96.2 Å². The molecule has 0 aromatic carbocycles. The van der Waals surface area contributed by atoms with E-state index in [0.717, 1.165) is 18.4 Å². The molecule has 2 aliphatic carbocycles. The minimum atomic E-state index is -1.01. The van der Waals surface area contributed by atoms with Crippen molar-refractivity contribution in [3.63, 3.8) is 0 Å². The lowest BCUT2D eigenvalue weighted by Crippen LogP contribution is -2.46. The Morgan fingerprint density at radius 2 is 2.06 bits per heavy atom. The maximum absolute atomic E-state index is 11.9. The second kappa shape index (κ2) is 9.34. The van der Waals surface area contributed by atoms with Crippen molar-refractivity contribution in [2.24, 2.45) is 23.2 Å². The Kier molecular flexibility index (Phi) is 7.36. The predicted molar refractivity (Wildman–Crippen MR) is 118 cm³/mol. The summed E-state index contributed by atoms with van der Waals surface area (Å²) in [5, 5.41) is 31.5. The van der Waals surface area contributed by atoms with Crippen molar-refractivity contribution < 1.29 is 29.6 Å². The van der Waals surface area contributed by atoms with E-state index in [1.54, 1.807) is 6.92 Å². The minimum absolute atomic E-state index is 0.0421. The maximum atomic E-state index is 11.9. The number of allylic oxidation sites excluding steroid dienone is 2. The number of aliphatic hydroxyl groups is 3. The molecule has 6 heteroatoms. The van der Waals surface area contributed by atoms with Gasteiger partial charge >= 0.3 is 5.97 Å². The van der Waals surface area contributed by atoms with Crippen molar-refractivity contribution in [1.29, 1.82) is 0 Å². The highest BCUT2D eigenvalue weighted by molar-refractivity contribution is 5.71. The Bertz CT molecular complexity index is 709. The van der Waals surface area contributed by atoms with E-state index in [1.807, 2.05) is 26.8 Å². The summed E-state index contributed by atoms with van der Waals surface area (Å²) in [5.74, 6) is 0.242. The molecule has 3 N–H and O–H groups in total. The van der Waals surface area contributed by atoms with Gasteiger partial charge in [0.15, 0.2) is 6.29 Å². The Morgan fingerprint density at radius 3 is 2.71 bits per heavy atom. The van der Waals surface area contributed by atoms with Crippen LogP contribution in [0.1, 0.15) is 73.1 Å². The van der Waals surface area contributed by atoms with Crippen LogP contribution in [0, 0.1) is 23.2 Å². The van der Waals surface area contributed by atoms with E-state index in [9.17, 15) is 20.1 Å². The van der Waals surface area contributed by atoms with Gasteiger partial charge in [-0.2, -0.15) is 0 Å². The fraction of sp³-hybridized carbons (Fsp3) is 0.800. The highest BCUT2D eigenvalue weighted by Crippen LogP contribution is 2.45. The highest BCUT2D eigenvalue weighted by atomic mass is 16.6. The fourth-order valence-electron chi connectivity index (χ4n) is 5.21. The third-order valence-corrected chi connectivity index (χ3v) is 7.57. The van der Waals surface area contributed by atoms with Crippen molar-refractivity contribution in [2.45, 2.75) is 103 Å². The van der Waals surface area contributed by atoms with Crippen LogP contribution >= 0.6 is 0 Å². The Hall–Kier alpha value is -1.21. The number of rotatable bonds is 7. The predicted octanol–water partition coefficient (Wildman–Crippen LogP) is 3.49. The van der Waals surface area contributed by atoms with Gasteiger partial charge in [-0.1, -0.05) is 45.9 Å². The van der Waals surface area contributed by atoms with Crippen LogP contribution in [-0.2, 0) is 14.3 Å². The zero-order valence-corrected chi connectivity index (χ0v) is 19.6. The SMILES string of the molecule is CCC(C)(C)C(O)OC1CC(O)C=C2C=CC(C)[C@@H](CCC3C[C@@](C)(O)CC(=O)O3)[C@H]21. The third kappa shape index (κ3) is 5.78. The first-order valence-electron chi connectivity index (χ1n) is 11.7. The van der Waals surface area contributed by atoms with Gasteiger partial charge in [0.2, 0.25) is 0 Å². The molecular weight excluding hydrogens is 396 g/mol. The maximum Gasteiger partial charge on any atom is 0.308 e. The lowest BCUT2D eigenvalue weighted by Gasteiger charge is -2.45. The van der Waals surface area contributed by atoms with Gasteiger partial charge in [0.05, 0.1) is 24.2 Å². The first kappa shape index (κ1) is 24.4. The van der Waals surface area contributed by atoms with Crippen molar-refractivity contribution in [1.82, 2.24) is 0 Å². The first-order valence-corrected chi connectivity index (χ1v) is 11.7. The quantitative estimate of drug-likeness (QED) is 0.418. The van der Waals surface area contributed by atoms with E-state index in [2.05, 4.69) is 19.1 Å². The molecule has 0 aromatic heterocycles. The summed E-state index contributed by atoms with van der Waals surface area (Å²) < 4.78 is 11.7. The number of cyclic esters (lactones) is 1. The molecule has 0 saturated carbocycles. The summed E-state index contributed by atoms with van der Waals surface area (Å²) in [6, 6.07) is 0. The molecule has 0 radical (unpaired) electrons. The largest absolute Gasteiger partial charge is 0.462 e. The van der Waals surface area contributed by atoms with Crippen molar-refractivity contribution in [2.75, 3.05) is 0 Å². The molecule has 5 unspecified atom stereocenters. The van der Waals surface area contributed by atoms with E-state index >= 15 is 0 Å². The molecule has 3 rings (SSSR count). The zero-order chi connectivity index (χ0) is 23.0. The molecular formula is C25H40O6. The standard InChI is InChI=1S/C25H40O6/c1-6-24(3,4)23(28)31-20-12-17(26)11-16-8-7-15(2)19(22(16)20)10-9-18-13-25(5,29)14-21(27)30-18/h7-8,11,15,17-20,22-23,26,28-29H,6,9-10,12-14H2,1-5H3/t15?,17?,18?,19-,20?,22+,23?,25-/m1/s1. The number of aliphatic hydroxyl groups excluding tert-OH is 2. The summed E-state index contributed by atoms with van der Waals surface area (Å²) in [6.07, 6.45) is 7.27. The molecule has 1 heterocycles. The van der Waals surface area contributed by atoms with Crippen LogP contribution in [0.4, 0.5) is 0 Å². The number of hydrogen-bond donors (Lipinski definition) is 3. The molecule has 1 saturated heterocycles. The van der Waals surface area contributed by atoms with Crippen LogP contribution in [0.25, 0.3) is 0 Å². The number of carbonyl (C=O) groups excluding carboxylic acids is 1. The van der Waals surface area contributed by atoms with E-state index < -0.39 is 18.0 Å². The van der Waals surface area contributed by atoms with Crippen LogP contribution in [0.5, 0.6) is 0 Å². The molecule has 8 atom stereocenters. The monoisotopic (exact) mass is 436 g/mol. The van der Waals surface area contributed by atoms with Crippen molar-refractivity contribution in [3.8, 4) is 0 Å². The Morgan fingerprint density at radius 1 is 1.35 bits per heavy atom. The van der Waals surface area contributed by atoms with Crippen LogP contribution < -0.4 is 0 Å². The number of ether oxygens (including phenoxy) is 2. The van der Waals surface area contributed by atoms with Crippen LogP contribution in [0.2, 0.25) is 0 Å². The van der Waals surface area contributed by atoms with Gasteiger partial charge in [0.25, 0.3) is 0 Å². The second-order valence-electron chi connectivity index (χ2n) is 10.8. The van der Waals surface area contributed by atoms with Gasteiger partial charge in [0.1, 0.15) is 6.10 Å². The highest BCUT2D eigenvalue weighted by Gasteiger charge is 2.44. The van der Waals surface area contributed by atoms with Gasteiger partial charge in [-0.05, 0) is 43.6 Å². The van der Waals surface area contributed by atoms with Crippen LogP contribution in [0.3, 0.4) is 0 Å². The molecule has 0 bridgehead atoms. The van der Waals surface area contributed by atoms with Crippen LogP contribution in [0.15, 0.2) is 23.8 Å². The smallest absolute Gasteiger partial charge is 0.308 e. The lowest BCUT2D eigenvalue weighted by molar-refractivity contribution is -0.212. The molecule has 1 aliphatic heterocycles. The summed E-state index contributed by atoms with van der Waals surface area (Å²) in [4.78, 5) is 11.9. The Labute approximate surface area is 186 Å². The lowest BCUT2D eigenvalue weighted by atomic mass is 9.66. The normalized spacial score (nSPS) is 39.5. The van der Waals surface area contributed by atoms with Crippen LogP contribution in [-0.4, -0.2) is 51.5 Å². The minimum Gasteiger partial charge on any atom is -0.462 e. The van der Waals surface area contributed by atoms with E-state index in [0.29, 0.717) is 25.2 Å². The first-order chi connectivity index (χ1) is 14.4. The molecule has 31 heavy (non-hydrogen) atoms. The number of carbonyl (C=O) groups is 1. The summed E-state index contributed by atoms with van der Waals surface area (Å²) >= 11 is 0. The molecule has 0 aromatic rings. The molecule has 176 valence electrons. The molecule has 3 aliphatic rings. The van der Waals surface area contributed by atoms with Crippen molar-refractivity contribution in [3.05, 3.63) is 23.8 Å². The summed E-state index contributed by atoms with van der Waals surface area (Å²) in [7, 11) is 0. The number of fused-ring (bicyclic) bond motifs is 1. The fourth-order valence-corrected chi connectivity index (χ4v) is 5.21. The summed E-state index contributed by atoms with van der Waals surface area (Å²) in [5.41, 5.74) is -0.333. The zero-order valence-electron chi connectivity index (χ0n) is 19.6. The van der Waals surface area contributed by atoms with Gasteiger partial charge in [-0.25, -0.2) is 0 Å². The van der Waals surface area contributed by atoms with E-state index in [1.165, 1.54) is 0 Å². The van der Waals surface area contributed by atoms with Gasteiger partial charge in [-0.3, -0.25) is 4.79 Å². The average molecular weight is 437 g/mol. The molecule has 1 fully saturated rings. The van der Waals surface area contributed by atoms with E-state index in [-0.39, 0.29) is 41.8 Å². The van der Waals surface area contributed by atoms with Crippen molar-refractivity contribution >= 4 is 5.97 Å². The van der Waals surface area contributed by atoms with Gasteiger partial charge < -0.3 is 24.8 Å². The molecule has 0 spiro atoms. The molecule has 6 nitrogen and oxygen atoms in total. The third-order valence-electron chi connectivity index (χ3n) is 7.57. The van der Waals surface area contributed by atoms with E-state index in [4.69, 9.17) is 9.47 Å². The average Bonchev–Trinajstić information content (AvgIpc) is 2.65. The molecule has 0 amide bonds.